The molecule has 1 amide bonds. The maximum Gasteiger partial charge on any atom is 0.256 e. The highest BCUT2D eigenvalue weighted by molar-refractivity contribution is 5.95. The molecule has 3 atom stereocenters. The molecule has 0 spiro atoms. The second kappa shape index (κ2) is 8.79. The molecule has 3 aromatic rings. The number of pyridine rings is 1. The van der Waals surface area contributed by atoms with Crippen molar-refractivity contribution in [3.05, 3.63) is 101 Å². The summed E-state index contributed by atoms with van der Waals surface area (Å²) in [6.45, 7) is -0.260. The molecular formula is C25H18FN3O2. The summed E-state index contributed by atoms with van der Waals surface area (Å²) in [5.74, 6) is 4.72. The number of rotatable bonds is 3. The minimum atomic E-state index is -0.694. The lowest BCUT2D eigenvalue weighted by molar-refractivity contribution is -0.00588. The first-order valence-electron chi connectivity index (χ1n) is 9.73. The smallest absolute Gasteiger partial charge is 0.256 e. The molecule has 1 aliphatic rings. The van der Waals surface area contributed by atoms with Crippen molar-refractivity contribution in [1.82, 2.24) is 9.88 Å². The van der Waals surface area contributed by atoms with E-state index < -0.39 is 12.1 Å². The van der Waals surface area contributed by atoms with Gasteiger partial charge in [-0.3, -0.25) is 9.78 Å². The van der Waals surface area contributed by atoms with Crippen LogP contribution in [0.3, 0.4) is 0 Å². The van der Waals surface area contributed by atoms with Gasteiger partial charge in [0.1, 0.15) is 11.9 Å². The zero-order valence-corrected chi connectivity index (χ0v) is 16.4. The average Bonchev–Trinajstić information content (AvgIpc) is 2.80. The molecule has 0 bridgehead atoms. The molecule has 6 heteroatoms. The van der Waals surface area contributed by atoms with E-state index in [0.717, 1.165) is 5.56 Å². The first-order chi connectivity index (χ1) is 15.1. The lowest BCUT2D eigenvalue weighted by Crippen LogP contribution is -2.65. The van der Waals surface area contributed by atoms with Crippen LogP contribution in [0.25, 0.3) is 0 Å². The van der Waals surface area contributed by atoms with E-state index in [0.29, 0.717) is 16.7 Å². The predicted octanol–water partition coefficient (Wildman–Crippen LogP) is 3.11. The molecule has 1 saturated heterocycles. The van der Waals surface area contributed by atoms with Crippen LogP contribution in [0.4, 0.5) is 4.39 Å². The molecule has 4 rings (SSSR count). The summed E-state index contributed by atoms with van der Waals surface area (Å²) in [5, 5.41) is 19.6. The molecule has 2 aromatic carbocycles. The quantitative estimate of drug-likeness (QED) is 0.672. The van der Waals surface area contributed by atoms with E-state index in [2.05, 4.69) is 22.9 Å². The Kier molecular flexibility index (Phi) is 5.75. The molecular weight excluding hydrogens is 393 g/mol. The molecule has 1 aliphatic heterocycles. The highest BCUT2D eigenvalue weighted by atomic mass is 19.1. The Morgan fingerprint density at radius 2 is 1.87 bits per heavy atom. The number of aliphatic hydroxyl groups is 1. The van der Waals surface area contributed by atoms with Gasteiger partial charge < -0.3 is 10.0 Å². The molecule has 1 N–H and O–H groups in total. The van der Waals surface area contributed by atoms with E-state index in [1.54, 1.807) is 48.7 Å². The fourth-order valence-electron chi connectivity index (χ4n) is 3.82. The van der Waals surface area contributed by atoms with Crippen molar-refractivity contribution in [2.24, 2.45) is 0 Å². The van der Waals surface area contributed by atoms with Crippen LogP contribution < -0.4 is 0 Å². The summed E-state index contributed by atoms with van der Waals surface area (Å²) >= 11 is 0. The zero-order chi connectivity index (χ0) is 21.8. The number of hydrogen-bond donors (Lipinski definition) is 1. The number of carbonyl (C=O) groups excluding carboxylic acids is 1. The highest BCUT2D eigenvalue weighted by Gasteiger charge is 2.51. The van der Waals surface area contributed by atoms with Crippen LogP contribution in [0.15, 0.2) is 73.1 Å². The Balaban J connectivity index is 1.55. The van der Waals surface area contributed by atoms with Crippen molar-refractivity contribution in [3.63, 3.8) is 0 Å². The number of likely N-dealkylation sites (tertiary alicyclic amines) is 1. The number of hydrogen-bond acceptors (Lipinski definition) is 4. The average molecular weight is 411 g/mol. The monoisotopic (exact) mass is 411 g/mol. The van der Waals surface area contributed by atoms with Crippen LogP contribution in [-0.2, 0) is 0 Å². The summed E-state index contributed by atoms with van der Waals surface area (Å²) in [6.07, 6.45) is 3.01. The molecule has 5 nitrogen and oxygen atoms in total. The maximum atomic E-state index is 13.7. The van der Waals surface area contributed by atoms with E-state index >= 15 is 0 Å². The number of carbonyl (C=O) groups is 1. The molecule has 2 heterocycles. The van der Waals surface area contributed by atoms with Crippen LogP contribution >= 0.6 is 0 Å². The molecule has 0 radical (unpaired) electrons. The number of aromatic nitrogens is 1. The number of aliphatic hydroxyl groups excluding tert-OH is 1. The molecule has 0 aliphatic carbocycles. The van der Waals surface area contributed by atoms with Gasteiger partial charge in [-0.1, -0.05) is 36.1 Å². The van der Waals surface area contributed by atoms with Crippen molar-refractivity contribution in [3.8, 4) is 17.9 Å². The summed E-state index contributed by atoms with van der Waals surface area (Å²) in [4.78, 5) is 18.2. The van der Waals surface area contributed by atoms with Gasteiger partial charge in [-0.05, 0) is 42.0 Å². The molecule has 0 unspecified atom stereocenters. The first kappa shape index (κ1) is 20.3. The molecule has 0 saturated carbocycles. The van der Waals surface area contributed by atoms with Crippen LogP contribution in [0.1, 0.15) is 33.0 Å². The lowest BCUT2D eigenvalue weighted by atomic mass is 9.75. The Labute approximate surface area is 179 Å². The summed E-state index contributed by atoms with van der Waals surface area (Å²) in [6, 6.07) is 17.8. The molecule has 1 aromatic heterocycles. The van der Waals surface area contributed by atoms with Crippen molar-refractivity contribution in [1.29, 1.82) is 5.26 Å². The van der Waals surface area contributed by atoms with Crippen molar-refractivity contribution in [2.45, 2.75) is 18.0 Å². The van der Waals surface area contributed by atoms with Gasteiger partial charge in [0.05, 0.1) is 29.8 Å². The van der Waals surface area contributed by atoms with Gasteiger partial charge in [0.25, 0.3) is 5.91 Å². The topological polar surface area (TPSA) is 77.2 Å². The van der Waals surface area contributed by atoms with Gasteiger partial charge in [0.2, 0.25) is 0 Å². The summed E-state index contributed by atoms with van der Waals surface area (Å²) in [5.41, 5.74) is 2.22. The van der Waals surface area contributed by atoms with Gasteiger partial charge in [0.15, 0.2) is 0 Å². The first-order valence-corrected chi connectivity index (χ1v) is 9.73. The minimum absolute atomic E-state index is 0.260. The van der Waals surface area contributed by atoms with Crippen LogP contribution in [0.2, 0.25) is 0 Å². The Morgan fingerprint density at radius 3 is 2.52 bits per heavy atom. The zero-order valence-electron chi connectivity index (χ0n) is 16.4. The second-order valence-corrected chi connectivity index (χ2v) is 7.16. The number of benzene rings is 2. The van der Waals surface area contributed by atoms with Crippen LogP contribution in [0, 0.1) is 29.0 Å². The van der Waals surface area contributed by atoms with Gasteiger partial charge >= 0.3 is 0 Å². The Hall–Kier alpha value is -4.00. The Morgan fingerprint density at radius 1 is 1.10 bits per heavy atom. The standard InChI is InChI=1S/C25H18FN3O2/c26-21-6-2-1-4-18(21)10-7-17-8-11-19(12-9-17)24-22(14-27)29(23(24)16-30)25(31)20-5-3-13-28-15-20/h1-6,8-9,11-13,15,22-24,30H,16H2/t22-,23-,24-/m0/s1. The van der Waals surface area contributed by atoms with E-state index in [1.165, 1.54) is 17.2 Å². The number of nitrogens with zero attached hydrogens (tertiary/aromatic N) is 3. The predicted molar refractivity (Wildman–Crippen MR) is 112 cm³/mol. The molecule has 1 fully saturated rings. The number of halogens is 1. The highest BCUT2D eigenvalue weighted by Crippen LogP contribution is 2.41. The van der Waals surface area contributed by atoms with Gasteiger partial charge in [-0.15, -0.1) is 0 Å². The van der Waals surface area contributed by atoms with Crippen molar-refractivity contribution < 1.29 is 14.3 Å². The third-order valence-electron chi connectivity index (χ3n) is 5.38. The van der Waals surface area contributed by atoms with Crippen molar-refractivity contribution >= 4 is 5.91 Å². The van der Waals surface area contributed by atoms with E-state index in [9.17, 15) is 19.6 Å². The number of amides is 1. The van der Waals surface area contributed by atoms with Crippen LogP contribution in [0.5, 0.6) is 0 Å². The van der Waals surface area contributed by atoms with Crippen molar-refractivity contribution in [2.75, 3.05) is 6.61 Å². The summed E-state index contributed by atoms with van der Waals surface area (Å²) < 4.78 is 13.7. The largest absolute Gasteiger partial charge is 0.394 e. The van der Waals surface area contributed by atoms with Gasteiger partial charge in [-0.2, -0.15) is 5.26 Å². The Bertz CT molecular complexity index is 1190. The SMILES string of the molecule is N#C[C@H]1[C@H](c2ccc(C#Cc3ccccc3F)cc2)[C@H](CO)N1C(=O)c1cccnc1. The fourth-order valence-corrected chi connectivity index (χ4v) is 3.82. The third-order valence-corrected chi connectivity index (χ3v) is 5.38. The second-order valence-electron chi connectivity index (χ2n) is 7.16. The maximum absolute atomic E-state index is 13.7. The van der Waals surface area contributed by atoms with Gasteiger partial charge in [-0.25, -0.2) is 4.39 Å². The summed E-state index contributed by atoms with van der Waals surface area (Å²) in [7, 11) is 0. The molecule has 31 heavy (non-hydrogen) atoms. The molecule has 152 valence electrons. The van der Waals surface area contributed by atoms with E-state index in [-0.39, 0.29) is 24.2 Å². The van der Waals surface area contributed by atoms with E-state index in [1.807, 2.05) is 12.1 Å². The normalized spacial score (nSPS) is 19.5. The number of nitriles is 1. The minimum Gasteiger partial charge on any atom is -0.394 e. The lowest BCUT2D eigenvalue weighted by Gasteiger charge is -2.51. The van der Waals surface area contributed by atoms with Crippen LogP contribution in [-0.4, -0.2) is 39.6 Å². The van der Waals surface area contributed by atoms with Gasteiger partial charge in [0, 0.05) is 23.9 Å². The fraction of sp³-hybridized carbons (Fsp3) is 0.160. The van der Waals surface area contributed by atoms with E-state index in [4.69, 9.17) is 0 Å². The third kappa shape index (κ3) is 3.90.